The third kappa shape index (κ3) is 3.54. The molecule has 0 saturated carbocycles. The third-order valence-electron chi connectivity index (χ3n) is 1.53. The number of H-pyrrole nitrogens is 1. The summed E-state index contributed by atoms with van der Waals surface area (Å²) in [5, 5.41) is 8.90. The van der Waals surface area contributed by atoms with Gasteiger partial charge in [0.2, 0.25) is 0 Å². The van der Waals surface area contributed by atoms with Gasteiger partial charge in [-0.25, -0.2) is 4.98 Å². The fourth-order valence-electron chi connectivity index (χ4n) is 0.965. The highest BCUT2D eigenvalue weighted by molar-refractivity contribution is 7.59. The van der Waals surface area contributed by atoms with Gasteiger partial charge in [-0.1, -0.05) is 5.11 Å². The zero-order valence-corrected chi connectivity index (χ0v) is 8.69. The van der Waals surface area contributed by atoms with Crippen LogP contribution in [0.1, 0.15) is 11.9 Å². The number of azide groups is 1. The average molecular weight is 247 g/mol. The second kappa shape index (κ2) is 4.97. The van der Waals surface area contributed by atoms with Gasteiger partial charge in [-0.2, -0.15) is 19.8 Å². The van der Waals surface area contributed by atoms with E-state index in [1.165, 1.54) is 0 Å². The molecule has 0 bridgehead atoms. The topological polar surface area (TPSA) is 168 Å². The Labute approximate surface area is 89.2 Å². The van der Waals surface area contributed by atoms with Crippen molar-refractivity contribution in [3.63, 3.8) is 0 Å². The standard InChI is InChI=1S/C5H8N6O4P/c6-11-9-4(5-7-2-8-10-5)3(12)1-16(13,14)15/h2,4,13-15H,1H2,(H,7,8,10)/q+1. The quantitative estimate of drug-likeness (QED) is 0.236. The Morgan fingerprint density at radius 2 is 2.38 bits per heavy atom. The molecule has 4 N–H and O–H groups in total. The van der Waals surface area contributed by atoms with Gasteiger partial charge in [-0.3, -0.25) is 9.89 Å². The number of hydrogen-bond donors (Lipinski definition) is 4. The number of aromatic amines is 1. The first-order valence-electron chi connectivity index (χ1n) is 3.92. The van der Waals surface area contributed by atoms with E-state index in [0.29, 0.717) is 0 Å². The van der Waals surface area contributed by atoms with Gasteiger partial charge in [0.15, 0.2) is 18.0 Å². The summed E-state index contributed by atoms with van der Waals surface area (Å²) in [4.78, 5) is 43.6. The second-order valence-corrected chi connectivity index (χ2v) is 4.50. The van der Waals surface area contributed by atoms with E-state index in [2.05, 4.69) is 25.2 Å². The zero-order valence-electron chi connectivity index (χ0n) is 7.79. The molecule has 0 saturated heterocycles. The maximum atomic E-state index is 11.4. The lowest BCUT2D eigenvalue weighted by Gasteiger charge is -2.07. The fraction of sp³-hybridized carbons (Fsp3) is 0.400. The van der Waals surface area contributed by atoms with Gasteiger partial charge in [0.1, 0.15) is 12.2 Å². The molecule has 0 radical (unpaired) electrons. The third-order valence-corrected chi connectivity index (χ3v) is 2.27. The summed E-state index contributed by atoms with van der Waals surface area (Å²) in [6.45, 7) is 0. The van der Waals surface area contributed by atoms with E-state index >= 15 is 0 Å². The molecule has 1 aromatic rings. The van der Waals surface area contributed by atoms with Crippen molar-refractivity contribution in [3.05, 3.63) is 22.6 Å². The van der Waals surface area contributed by atoms with Crippen LogP contribution in [0.25, 0.3) is 10.4 Å². The molecule has 1 rings (SSSR count). The van der Waals surface area contributed by atoms with Crippen LogP contribution in [0.3, 0.4) is 0 Å². The van der Waals surface area contributed by atoms with Gasteiger partial charge >= 0.3 is 7.94 Å². The molecule has 1 atom stereocenters. The van der Waals surface area contributed by atoms with Crippen LogP contribution in [-0.4, -0.2) is 41.8 Å². The predicted molar refractivity (Wildman–Crippen MR) is 51.7 cm³/mol. The van der Waals surface area contributed by atoms with Crippen molar-refractivity contribution in [1.29, 1.82) is 0 Å². The molecule has 0 fully saturated rings. The molecule has 10 nitrogen and oxygen atoms in total. The van der Waals surface area contributed by atoms with E-state index in [-0.39, 0.29) is 5.82 Å². The predicted octanol–water partition coefficient (Wildman–Crippen LogP) is -0.535. The number of nitrogens with one attached hydrogen (secondary N) is 1. The van der Waals surface area contributed by atoms with E-state index in [1.807, 2.05) is 0 Å². The average Bonchev–Trinajstić information content (AvgIpc) is 2.63. The monoisotopic (exact) mass is 247 g/mol. The van der Waals surface area contributed by atoms with Crippen LogP contribution in [0.2, 0.25) is 0 Å². The fourth-order valence-corrected chi connectivity index (χ4v) is 1.56. The Morgan fingerprint density at radius 1 is 1.69 bits per heavy atom. The number of carbonyl (C=O) groups excluding carboxylic acids is 1. The van der Waals surface area contributed by atoms with Crippen LogP contribution in [0.5, 0.6) is 0 Å². The summed E-state index contributed by atoms with van der Waals surface area (Å²) >= 11 is 0. The summed E-state index contributed by atoms with van der Waals surface area (Å²) in [5.41, 5.74) is 8.25. The van der Waals surface area contributed by atoms with Gasteiger partial charge in [0.25, 0.3) is 0 Å². The van der Waals surface area contributed by atoms with Crippen molar-refractivity contribution in [2.24, 2.45) is 5.11 Å². The van der Waals surface area contributed by atoms with E-state index in [1.54, 1.807) is 0 Å². The highest BCUT2D eigenvalue weighted by atomic mass is 31.2. The Balaban J connectivity index is 2.87. The molecule has 86 valence electrons. The number of aromatic nitrogens is 3. The molecule has 11 heteroatoms. The number of hydrogen-bond acceptors (Lipinski definition) is 7. The van der Waals surface area contributed by atoms with Crippen molar-refractivity contribution in [2.75, 3.05) is 6.16 Å². The lowest BCUT2D eigenvalue weighted by molar-refractivity contribution is -0.118. The molecule has 1 aromatic heterocycles. The first-order chi connectivity index (χ1) is 7.44. The molecule has 0 aliphatic heterocycles. The largest absolute Gasteiger partial charge is 0.411 e. The van der Waals surface area contributed by atoms with E-state index in [0.717, 1.165) is 6.33 Å². The highest BCUT2D eigenvalue weighted by Crippen LogP contribution is 2.45. The molecular formula is C5H8N6O4P+. The van der Waals surface area contributed by atoms with Gasteiger partial charge < -0.3 is 0 Å². The molecule has 0 spiro atoms. The van der Waals surface area contributed by atoms with Crippen LogP contribution in [0, 0.1) is 0 Å². The van der Waals surface area contributed by atoms with Crippen molar-refractivity contribution in [3.8, 4) is 0 Å². The summed E-state index contributed by atoms with van der Waals surface area (Å²) < 4.78 is 0. The Morgan fingerprint density at radius 3 is 2.81 bits per heavy atom. The van der Waals surface area contributed by atoms with Crippen LogP contribution >= 0.6 is 7.94 Å². The van der Waals surface area contributed by atoms with Crippen LogP contribution < -0.4 is 0 Å². The maximum absolute atomic E-state index is 11.4. The Bertz CT molecular complexity index is 407. The van der Waals surface area contributed by atoms with Gasteiger partial charge in [0.05, 0.1) is 0 Å². The number of nitrogens with zero attached hydrogens (tertiary/aromatic N) is 5. The summed E-state index contributed by atoms with van der Waals surface area (Å²) in [6, 6.07) is -1.36. The van der Waals surface area contributed by atoms with Crippen molar-refractivity contribution in [1.82, 2.24) is 15.2 Å². The first-order valence-corrected chi connectivity index (χ1v) is 5.76. The molecular weight excluding hydrogens is 239 g/mol. The smallest absolute Gasteiger partial charge is 0.294 e. The normalized spacial score (nSPS) is 12.9. The first kappa shape index (κ1) is 12.5. The zero-order chi connectivity index (χ0) is 12.2. The minimum absolute atomic E-state index is 0.0312. The van der Waals surface area contributed by atoms with Crippen molar-refractivity contribution in [2.45, 2.75) is 6.04 Å². The number of Topliss-reactive ketones (excluding diaryl/α,β-unsaturated/α-hetero) is 1. The molecule has 1 heterocycles. The van der Waals surface area contributed by atoms with Gasteiger partial charge in [0, 0.05) is 4.91 Å². The maximum Gasteiger partial charge on any atom is 0.411 e. The number of rotatable bonds is 5. The van der Waals surface area contributed by atoms with E-state index in [4.69, 9.17) is 20.2 Å². The lowest BCUT2D eigenvalue weighted by atomic mass is 10.2. The van der Waals surface area contributed by atoms with E-state index in [9.17, 15) is 4.79 Å². The molecule has 1 unspecified atom stereocenters. The Hall–Kier alpha value is -1.57. The van der Waals surface area contributed by atoms with Crippen LogP contribution in [0.4, 0.5) is 0 Å². The van der Waals surface area contributed by atoms with Crippen molar-refractivity contribution >= 4 is 13.7 Å². The van der Waals surface area contributed by atoms with Gasteiger partial charge in [-0.15, -0.1) is 0 Å². The molecule has 0 aliphatic rings. The molecule has 0 aliphatic carbocycles. The van der Waals surface area contributed by atoms with Gasteiger partial charge in [-0.05, 0) is 5.53 Å². The Kier molecular flexibility index (Phi) is 3.88. The van der Waals surface area contributed by atoms with Crippen LogP contribution in [0.15, 0.2) is 11.4 Å². The number of carbonyl (C=O) groups is 1. The molecule has 0 aromatic carbocycles. The summed E-state index contributed by atoms with van der Waals surface area (Å²) in [7, 11) is -4.25. The van der Waals surface area contributed by atoms with Crippen molar-refractivity contribution < 1.29 is 19.5 Å². The van der Waals surface area contributed by atoms with E-state index < -0.39 is 25.9 Å². The minimum Gasteiger partial charge on any atom is -0.294 e. The SMILES string of the molecule is [N-]=[N+]=NC(C(=O)C[P+](O)(O)O)c1ncn[nH]1. The second-order valence-electron chi connectivity index (χ2n) is 2.80. The minimum atomic E-state index is -4.25. The van der Waals surface area contributed by atoms with Crippen LogP contribution in [-0.2, 0) is 4.79 Å². The lowest BCUT2D eigenvalue weighted by Crippen LogP contribution is -2.17. The highest BCUT2D eigenvalue weighted by Gasteiger charge is 2.38. The molecule has 16 heavy (non-hydrogen) atoms. The number of ketones is 1. The summed E-state index contributed by atoms with van der Waals surface area (Å²) in [5.74, 6) is -0.897. The molecule has 0 amide bonds. The summed E-state index contributed by atoms with van der Waals surface area (Å²) in [6.07, 6.45) is 0.194.